The van der Waals surface area contributed by atoms with E-state index in [1.807, 2.05) is 0 Å². The highest BCUT2D eigenvalue weighted by atomic mass is 16.4. The lowest BCUT2D eigenvalue weighted by molar-refractivity contribution is 0.0690. The number of hydrogen-bond donors (Lipinski definition) is 1. The van der Waals surface area contributed by atoms with Gasteiger partial charge in [-0.2, -0.15) is 0 Å². The van der Waals surface area contributed by atoms with Crippen LogP contribution in [0.5, 0.6) is 0 Å². The van der Waals surface area contributed by atoms with Gasteiger partial charge in [-0.3, -0.25) is 4.79 Å². The van der Waals surface area contributed by atoms with E-state index in [1.54, 1.807) is 11.9 Å². The fourth-order valence-corrected chi connectivity index (χ4v) is 1.45. The Bertz CT molecular complexity index is 444. The van der Waals surface area contributed by atoms with Gasteiger partial charge in [0, 0.05) is 25.4 Å². The summed E-state index contributed by atoms with van der Waals surface area (Å²) in [7, 11) is 1.71. The third-order valence-electron chi connectivity index (χ3n) is 2.61. The highest BCUT2D eigenvalue weighted by Crippen LogP contribution is 2.08. The van der Waals surface area contributed by atoms with Crippen LogP contribution in [0.1, 0.15) is 41.1 Å². The number of carboxylic acid groups (broad SMARTS) is 1. The standard InChI is InChI=1S/C13H18N2O3/c1-9(2)5-7-15(3)12(16)10-4-6-14-11(8-10)13(17)18/h4,6,8-9H,5,7H2,1-3H3,(H,17,18). The number of carbonyl (C=O) groups is 2. The monoisotopic (exact) mass is 250 g/mol. The first-order valence-corrected chi connectivity index (χ1v) is 5.86. The number of pyridine rings is 1. The molecular weight excluding hydrogens is 232 g/mol. The number of aromatic nitrogens is 1. The summed E-state index contributed by atoms with van der Waals surface area (Å²) >= 11 is 0. The van der Waals surface area contributed by atoms with Gasteiger partial charge in [-0.25, -0.2) is 9.78 Å². The van der Waals surface area contributed by atoms with E-state index in [0.717, 1.165) is 6.42 Å². The van der Waals surface area contributed by atoms with Gasteiger partial charge in [-0.15, -0.1) is 0 Å². The SMILES string of the molecule is CC(C)CCN(C)C(=O)c1ccnc(C(=O)O)c1. The van der Waals surface area contributed by atoms with Crippen molar-refractivity contribution in [3.05, 3.63) is 29.6 Å². The quantitative estimate of drug-likeness (QED) is 0.866. The molecule has 0 saturated carbocycles. The molecule has 1 aromatic heterocycles. The van der Waals surface area contributed by atoms with Gasteiger partial charge in [0.05, 0.1) is 0 Å². The molecule has 0 spiro atoms. The minimum absolute atomic E-state index is 0.113. The highest BCUT2D eigenvalue weighted by molar-refractivity contribution is 5.96. The van der Waals surface area contributed by atoms with Crippen LogP contribution in [0.3, 0.4) is 0 Å². The van der Waals surface area contributed by atoms with E-state index in [4.69, 9.17) is 5.11 Å². The van der Waals surface area contributed by atoms with Gasteiger partial charge in [0.25, 0.3) is 5.91 Å². The molecule has 5 heteroatoms. The average Bonchev–Trinajstić information content (AvgIpc) is 2.35. The second-order valence-electron chi connectivity index (χ2n) is 4.64. The summed E-state index contributed by atoms with van der Waals surface area (Å²) in [5.74, 6) is -0.790. The van der Waals surface area contributed by atoms with Gasteiger partial charge < -0.3 is 10.0 Å². The first-order chi connectivity index (χ1) is 8.41. The molecule has 0 unspecified atom stereocenters. The molecule has 0 radical (unpaired) electrons. The summed E-state index contributed by atoms with van der Waals surface area (Å²) in [5, 5.41) is 8.82. The summed E-state index contributed by atoms with van der Waals surface area (Å²) in [6.07, 6.45) is 2.26. The molecule has 0 fully saturated rings. The predicted octanol–water partition coefficient (Wildman–Crippen LogP) is 1.90. The van der Waals surface area contributed by atoms with Gasteiger partial charge in [0.1, 0.15) is 5.69 Å². The molecule has 18 heavy (non-hydrogen) atoms. The van der Waals surface area contributed by atoms with Gasteiger partial charge >= 0.3 is 5.97 Å². The van der Waals surface area contributed by atoms with Crippen LogP contribution in [0.4, 0.5) is 0 Å². The molecule has 5 nitrogen and oxygen atoms in total. The molecule has 1 rings (SSSR count). The number of hydrogen-bond acceptors (Lipinski definition) is 3. The Labute approximate surface area is 106 Å². The first-order valence-electron chi connectivity index (χ1n) is 5.86. The van der Waals surface area contributed by atoms with Crippen molar-refractivity contribution in [2.75, 3.05) is 13.6 Å². The van der Waals surface area contributed by atoms with Crippen LogP contribution in [0.15, 0.2) is 18.3 Å². The van der Waals surface area contributed by atoms with E-state index in [-0.39, 0.29) is 11.6 Å². The summed E-state index contributed by atoms with van der Waals surface area (Å²) in [6.45, 7) is 4.84. The molecule has 0 aliphatic rings. The van der Waals surface area contributed by atoms with Crippen LogP contribution in [0.2, 0.25) is 0 Å². The van der Waals surface area contributed by atoms with Gasteiger partial charge in [0.2, 0.25) is 0 Å². The first kappa shape index (κ1) is 14.2. The molecule has 0 aliphatic carbocycles. The molecule has 98 valence electrons. The summed E-state index contributed by atoms with van der Waals surface area (Å²) in [6, 6.07) is 2.83. The maximum atomic E-state index is 12.0. The van der Waals surface area contributed by atoms with Crippen molar-refractivity contribution in [2.45, 2.75) is 20.3 Å². The molecule has 1 heterocycles. The molecule has 1 aromatic rings. The summed E-state index contributed by atoms with van der Waals surface area (Å²) in [5.41, 5.74) is 0.242. The van der Waals surface area contributed by atoms with Gasteiger partial charge in [0.15, 0.2) is 0 Å². The number of amides is 1. The lowest BCUT2D eigenvalue weighted by atomic mass is 10.1. The average molecular weight is 250 g/mol. The Balaban J connectivity index is 2.77. The molecular formula is C13H18N2O3. The third-order valence-corrected chi connectivity index (χ3v) is 2.61. The summed E-state index contributed by atoms with van der Waals surface area (Å²) < 4.78 is 0. The van der Waals surface area contributed by atoms with Crippen LogP contribution in [-0.4, -0.2) is 40.5 Å². The predicted molar refractivity (Wildman–Crippen MR) is 67.6 cm³/mol. The minimum Gasteiger partial charge on any atom is -0.477 e. The Morgan fingerprint density at radius 1 is 1.44 bits per heavy atom. The van der Waals surface area contributed by atoms with Crippen molar-refractivity contribution >= 4 is 11.9 Å². The minimum atomic E-state index is -1.13. The van der Waals surface area contributed by atoms with E-state index >= 15 is 0 Å². The number of aromatic carboxylic acids is 1. The molecule has 0 aliphatic heterocycles. The lowest BCUT2D eigenvalue weighted by Crippen LogP contribution is -2.28. The van der Waals surface area contributed by atoms with Crippen molar-refractivity contribution in [3.8, 4) is 0 Å². The number of carbonyl (C=O) groups excluding carboxylic acids is 1. The van der Waals surface area contributed by atoms with E-state index < -0.39 is 5.97 Å². The summed E-state index contributed by atoms with van der Waals surface area (Å²) in [4.78, 5) is 28.1. The Morgan fingerprint density at radius 3 is 2.67 bits per heavy atom. The van der Waals surface area contributed by atoms with Crippen LogP contribution in [0, 0.1) is 5.92 Å². The molecule has 0 saturated heterocycles. The van der Waals surface area contributed by atoms with Crippen molar-refractivity contribution in [1.29, 1.82) is 0 Å². The normalized spacial score (nSPS) is 10.4. The van der Waals surface area contributed by atoms with Crippen LogP contribution < -0.4 is 0 Å². The number of carboxylic acids is 1. The second kappa shape index (κ2) is 6.14. The van der Waals surface area contributed by atoms with Crippen molar-refractivity contribution in [2.24, 2.45) is 5.92 Å². The van der Waals surface area contributed by atoms with Crippen LogP contribution in [0.25, 0.3) is 0 Å². The highest BCUT2D eigenvalue weighted by Gasteiger charge is 2.14. The molecule has 0 atom stereocenters. The van der Waals surface area contributed by atoms with Crippen LogP contribution in [-0.2, 0) is 0 Å². The number of nitrogens with zero attached hydrogens (tertiary/aromatic N) is 2. The maximum Gasteiger partial charge on any atom is 0.354 e. The van der Waals surface area contributed by atoms with E-state index in [0.29, 0.717) is 18.0 Å². The molecule has 0 bridgehead atoms. The zero-order chi connectivity index (χ0) is 13.7. The third kappa shape index (κ3) is 3.84. The van der Waals surface area contributed by atoms with E-state index in [1.165, 1.54) is 18.3 Å². The van der Waals surface area contributed by atoms with Crippen LogP contribution >= 0.6 is 0 Å². The van der Waals surface area contributed by atoms with Crippen molar-refractivity contribution < 1.29 is 14.7 Å². The zero-order valence-corrected chi connectivity index (χ0v) is 10.9. The molecule has 1 N–H and O–H groups in total. The van der Waals surface area contributed by atoms with E-state index in [9.17, 15) is 9.59 Å². The van der Waals surface area contributed by atoms with Gasteiger partial charge in [-0.1, -0.05) is 13.8 Å². The zero-order valence-electron chi connectivity index (χ0n) is 10.9. The molecule has 0 aromatic carbocycles. The lowest BCUT2D eigenvalue weighted by Gasteiger charge is -2.18. The largest absolute Gasteiger partial charge is 0.477 e. The maximum absolute atomic E-state index is 12.0. The fourth-order valence-electron chi connectivity index (χ4n) is 1.45. The Morgan fingerprint density at radius 2 is 2.11 bits per heavy atom. The Kier molecular flexibility index (Phi) is 4.83. The molecule has 1 amide bonds. The Hall–Kier alpha value is -1.91. The van der Waals surface area contributed by atoms with Crippen molar-refractivity contribution in [1.82, 2.24) is 9.88 Å². The second-order valence-corrected chi connectivity index (χ2v) is 4.64. The van der Waals surface area contributed by atoms with E-state index in [2.05, 4.69) is 18.8 Å². The van der Waals surface area contributed by atoms with Crippen molar-refractivity contribution in [3.63, 3.8) is 0 Å². The topological polar surface area (TPSA) is 70.5 Å². The van der Waals surface area contributed by atoms with Gasteiger partial charge in [-0.05, 0) is 24.5 Å². The smallest absolute Gasteiger partial charge is 0.354 e. The number of rotatable bonds is 5. The fraction of sp³-hybridized carbons (Fsp3) is 0.462.